The minimum absolute atomic E-state index is 0. The van der Waals surface area contributed by atoms with Crippen LogP contribution in [0.1, 0.15) is 0 Å². The molecule has 0 aliphatic rings. The van der Waals surface area contributed by atoms with Gasteiger partial charge < -0.3 is 0 Å². The first-order valence-corrected chi connectivity index (χ1v) is 2.78. The topological polar surface area (TPSA) is 0 Å². The molecule has 0 amide bonds. The zero-order chi connectivity index (χ0) is 2.71. The van der Waals surface area contributed by atoms with E-state index in [2.05, 4.69) is 0 Å². The van der Waals surface area contributed by atoms with E-state index in [9.17, 15) is 6.63 Å². The fraction of sp³-hybridized carbons (Fsp3) is 0. The second-order valence-electron chi connectivity index (χ2n) is 0.101. The summed E-state index contributed by atoms with van der Waals surface area (Å²) >= 11 is -2.88. The molecule has 0 aliphatic heterocycles. The predicted octanol–water partition coefficient (Wildman–Crippen LogP) is 0.990. The van der Waals surface area contributed by atoms with Gasteiger partial charge in [-0.05, 0) is 0 Å². The molecule has 0 atom stereocenters. The Labute approximate surface area is 30.3 Å². The summed E-state index contributed by atoms with van der Waals surface area (Å²) in [6, 6.07) is 0. The molecule has 0 radical (unpaired) electrons. The van der Waals surface area contributed by atoms with E-state index in [-0.39, 0.29) is 4.70 Å². The van der Waals surface area contributed by atoms with Crippen molar-refractivity contribution in [2.24, 2.45) is 0 Å². The summed E-state index contributed by atoms with van der Waals surface area (Å²) in [4.78, 5) is 0. The van der Waals surface area contributed by atoms with Crippen LogP contribution >= 0.6 is 0 Å². The maximum absolute atomic E-state index is 9.81. The molecular formula is HF3Zn. The van der Waals surface area contributed by atoms with Crippen molar-refractivity contribution >= 4 is 0 Å². The van der Waals surface area contributed by atoms with Gasteiger partial charge in [-0.15, -0.1) is 0 Å². The predicted molar refractivity (Wildman–Crippen MR) is 4.72 cm³/mol. The molecule has 4 heteroatoms. The molecule has 0 saturated heterocycles. The van der Waals surface area contributed by atoms with Crippen molar-refractivity contribution in [2.45, 2.75) is 0 Å². The summed E-state index contributed by atoms with van der Waals surface area (Å²) in [5.74, 6) is 0. The molecule has 0 saturated carbocycles. The van der Waals surface area contributed by atoms with Crippen LogP contribution in [-0.4, -0.2) is 0 Å². The van der Waals surface area contributed by atoms with Crippen LogP contribution in [0.25, 0.3) is 0 Å². The van der Waals surface area contributed by atoms with E-state index >= 15 is 0 Å². The summed E-state index contributed by atoms with van der Waals surface area (Å²) in [5.41, 5.74) is 0. The van der Waals surface area contributed by atoms with Crippen molar-refractivity contribution < 1.29 is 29.5 Å². The zero-order valence-corrected chi connectivity index (χ0v) is 4.84. The van der Waals surface area contributed by atoms with E-state index in [0.717, 1.165) is 0 Å². The molecule has 0 aliphatic carbocycles. The molecule has 0 aromatic rings. The molecule has 4 heavy (non-hydrogen) atoms. The van der Waals surface area contributed by atoms with E-state index in [4.69, 9.17) is 0 Å². The van der Waals surface area contributed by atoms with Gasteiger partial charge >= 0.3 is 24.8 Å². The number of halogens is 3. The Morgan fingerprint density at radius 1 is 1.25 bits per heavy atom. The fourth-order valence-electron chi connectivity index (χ4n) is 0. The molecule has 0 fully saturated rings. The molecule has 0 nitrogen and oxygen atoms in total. The minimum atomic E-state index is -2.88. The first-order valence-electron chi connectivity index (χ1n) is 0.535. The number of hydrogen-bond donors (Lipinski definition) is 0. The molecule has 0 heterocycles. The van der Waals surface area contributed by atoms with Gasteiger partial charge in [0.15, 0.2) is 0 Å². The monoisotopic (exact) mass is 122 g/mol. The van der Waals surface area contributed by atoms with Crippen LogP contribution in [0.15, 0.2) is 0 Å². The zero-order valence-electron chi connectivity index (χ0n) is 1.87. The first kappa shape index (κ1) is 8.83. The second-order valence-corrected chi connectivity index (χ2v) is 0.525. The van der Waals surface area contributed by atoms with Crippen molar-refractivity contribution in [3.63, 3.8) is 0 Å². The number of rotatable bonds is 0. The van der Waals surface area contributed by atoms with Crippen LogP contribution in [0.2, 0.25) is 0 Å². The van der Waals surface area contributed by atoms with Crippen LogP contribution in [0.4, 0.5) is 11.3 Å². The third-order valence-corrected chi connectivity index (χ3v) is 0. The normalized spacial score (nSPS) is 2.50. The Morgan fingerprint density at radius 2 is 1.25 bits per heavy atom. The average Bonchev–Trinajstić information content (AvgIpc) is 0.918. The Bertz CT molecular complexity index is 3.25. The molecule has 0 unspecified atom stereocenters. The first-order chi connectivity index (χ1) is 1.41. The SMILES string of the molecule is F.[F][Zn][F]. The van der Waals surface area contributed by atoms with E-state index in [0.29, 0.717) is 0 Å². The van der Waals surface area contributed by atoms with Gasteiger partial charge in [-0.25, -0.2) is 0 Å². The molecule has 0 bridgehead atoms. The molecule has 0 aromatic carbocycles. The van der Waals surface area contributed by atoms with Crippen molar-refractivity contribution in [1.82, 2.24) is 0 Å². The molecule has 0 N–H and O–H groups in total. The average molecular weight is 123 g/mol. The quantitative estimate of drug-likeness (QED) is 0.422. The van der Waals surface area contributed by atoms with Gasteiger partial charge in [-0.2, -0.15) is 0 Å². The Balaban J connectivity index is 0. The van der Waals surface area contributed by atoms with Crippen LogP contribution in [-0.2, 0) is 18.1 Å². The Kier molecular flexibility index (Phi) is 22.0. The Morgan fingerprint density at radius 3 is 1.25 bits per heavy atom. The summed E-state index contributed by atoms with van der Waals surface area (Å²) in [5, 5.41) is 0. The van der Waals surface area contributed by atoms with Gasteiger partial charge in [-0.3, -0.25) is 4.70 Å². The van der Waals surface area contributed by atoms with Gasteiger partial charge in [-0.1, -0.05) is 0 Å². The third-order valence-electron chi connectivity index (χ3n) is 0. The molecule has 0 spiro atoms. The van der Waals surface area contributed by atoms with Crippen LogP contribution in [0, 0.1) is 0 Å². The van der Waals surface area contributed by atoms with Crippen LogP contribution in [0.5, 0.6) is 0 Å². The van der Waals surface area contributed by atoms with Crippen LogP contribution in [0.3, 0.4) is 0 Å². The Hall–Kier alpha value is 0.413. The second kappa shape index (κ2) is 9.95. The van der Waals surface area contributed by atoms with Crippen molar-refractivity contribution in [3.8, 4) is 0 Å². The fourth-order valence-corrected chi connectivity index (χ4v) is 0. The standard InChI is InChI=1S/3FH.Zn/h3*1H;/q;;;+2/p-2. The molecule has 0 aromatic heterocycles. The van der Waals surface area contributed by atoms with E-state index < -0.39 is 18.1 Å². The van der Waals surface area contributed by atoms with E-state index in [1.54, 1.807) is 0 Å². The molecule has 0 rings (SSSR count). The summed E-state index contributed by atoms with van der Waals surface area (Å²) in [6.07, 6.45) is 0. The van der Waals surface area contributed by atoms with Gasteiger partial charge in [0.05, 0.1) is 0 Å². The van der Waals surface area contributed by atoms with Gasteiger partial charge in [0.1, 0.15) is 0 Å². The maximum atomic E-state index is 9.81. The van der Waals surface area contributed by atoms with Crippen LogP contribution < -0.4 is 0 Å². The van der Waals surface area contributed by atoms with Crippen molar-refractivity contribution in [1.29, 1.82) is 0 Å². The number of hydrogen-bond acceptors (Lipinski definition) is 0. The summed E-state index contributed by atoms with van der Waals surface area (Å²) in [7, 11) is 0. The van der Waals surface area contributed by atoms with Gasteiger partial charge in [0, 0.05) is 0 Å². The summed E-state index contributed by atoms with van der Waals surface area (Å²) < 4.78 is 19.6. The third kappa shape index (κ3) is 28.2. The van der Waals surface area contributed by atoms with Gasteiger partial charge in [0.2, 0.25) is 0 Å². The summed E-state index contributed by atoms with van der Waals surface area (Å²) in [6.45, 7) is 0. The van der Waals surface area contributed by atoms with Gasteiger partial charge in [0.25, 0.3) is 0 Å². The van der Waals surface area contributed by atoms with Crippen molar-refractivity contribution in [3.05, 3.63) is 0 Å². The van der Waals surface area contributed by atoms with Crippen molar-refractivity contribution in [2.75, 3.05) is 0 Å². The molecule has 24 valence electrons. The van der Waals surface area contributed by atoms with E-state index in [1.165, 1.54) is 0 Å². The van der Waals surface area contributed by atoms with E-state index in [1.807, 2.05) is 0 Å². The molecular weight excluding hydrogens is 122 g/mol.